The Bertz CT molecular complexity index is 1130. The van der Waals surface area contributed by atoms with Gasteiger partial charge in [0.25, 0.3) is 0 Å². The maximum Gasteiger partial charge on any atom is 0.573 e. The number of benzene rings is 2. The van der Waals surface area contributed by atoms with E-state index in [1.54, 1.807) is 0 Å². The van der Waals surface area contributed by atoms with Crippen LogP contribution in [-0.2, 0) is 14.8 Å². The fourth-order valence-electron chi connectivity index (χ4n) is 2.36. The van der Waals surface area contributed by atoms with Crippen molar-refractivity contribution in [3.8, 4) is 17.1 Å². The van der Waals surface area contributed by atoms with E-state index in [1.165, 1.54) is 0 Å². The molecule has 31 heavy (non-hydrogen) atoms. The maximum absolute atomic E-state index is 12.2. The first-order valence-electron chi connectivity index (χ1n) is 8.67. The van der Waals surface area contributed by atoms with Crippen molar-refractivity contribution in [2.24, 2.45) is 0 Å². The molecule has 3 rings (SSSR count). The average Bonchev–Trinajstić information content (AvgIpc) is 3.16. The lowest BCUT2D eigenvalue weighted by molar-refractivity contribution is -0.274. The van der Waals surface area contributed by atoms with Crippen LogP contribution >= 0.6 is 11.5 Å². The summed E-state index contributed by atoms with van der Waals surface area (Å²) in [4.78, 5) is 16.0. The van der Waals surface area contributed by atoms with Gasteiger partial charge in [-0.1, -0.05) is 30.3 Å². The zero-order chi connectivity index (χ0) is 22.5. The molecule has 0 fully saturated rings. The van der Waals surface area contributed by atoms with Gasteiger partial charge in [-0.25, -0.2) is 13.1 Å². The molecule has 164 valence electrons. The van der Waals surface area contributed by atoms with Crippen LogP contribution in [0.4, 0.5) is 18.3 Å². The molecule has 0 bridgehead atoms. The van der Waals surface area contributed by atoms with Crippen LogP contribution in [0.3, 0.4) is 0 Å². The molecule has 0 aliphatic carbocycles. The zero-order valence-electron chi connectivity index (χ0n) is 15.6. The molecule has 0 radical (unpaired) electrons. The van der Waals surface area contributed by atoms with E-state index in [0.29, 0.717) is 5.82 Å². The summed E-state index contributed by atoms with van der Waals surface area (Å²) in [6.07, 6.45) is -5.06. The Morgan fingerprint density at radius 3 is 2.39 bits per heavy atom. The number of carbonyl (C=O) groups is 1. The first-order chi connectivity index (χ1) is 14.6. The summed E-state index contributed by atoms with van der Waals surface area (Å²) in [5, 5.41) is 2.81. The van der Waals surface area contributed by atoms with Crippen molar-refractivity contribution in [2.75, 3.05) is 11.9 Å². The lowest BCUT2D eigenvalue weighted by Crippen LogP contribution is -2.27. The lowest BCUT2D eigenvalue weighted by atomic mass is 10.2. The molecule has 3 aromatic rings. The van der Waals surface area contributed by atoms with Crippen molar-refractivity contribution in [3.05, 3.63) is 54.6 Å². The van der Waals surface area contributed by atoms with Crippen LogP contribution in [-0.4, -0.2) is 36.6 Å². The number of amides is 1. The second kappa shape index (κ2) is 9.41. The van der Waals surface area contributed by atoms with E-state index in [2.05, 4.69) is 24.1 Å². The smallest absolute Gasteiger partial charge is 0.406 e. The number of carbonyl (C=O) groups excluding carboxylic acids is 1. The fourth-order valence-corrected chi connectivity index (χ4v) is 4.00. The fraction of sp³-hybridized carbons (Fsp3) is 0.167. The van der Waals surface area contributed by atoms with Gasteiger partial charge in [-0.2, -0.15) is 9.36 Å². The minimum Gasteiger partial charge on any atom is -0.406 e. The van der Waals surface area contributed by atoms with E-state index < -0.39 is 28.0 Å². The molecule has 0 spiro atoms. The lowest BCUT2D eigenvalue weighted by Gasteiger charge is -2.10. The second-order valence-electron chi connectivity index (χ2n) is 6.00. The minimum absolute atomic E-state index is 0.186. The van der Waals surface area contributed by atoms with Gasteiger partial charge in [0.15, 0.2) is 5.82 Å². The number of aromatic nitrogens is 2. The number of ether oxygens (including phenoxy) is 1. The van der Waals surface area contributed by atoms with E-state index >= 15 is 0 Å². The van der Waals surface area contributed by atoms with Gasteiger partial charge in [-0.05, 0) is 24.3 Å². The Labute approximate surface area is 179 Å². The Balaban J connectivity index is 1.50. The van der Waals surface area contributed by atoms with Crippen LogP contribution in [0, 0.1) is 0 Å². The maximum atomic E-state index is 12.2. The second-order valence-corrected chi connectivity index (χ2v) is 8.52. The van der Waals surface area contributed by atoms with Crippen LogP contribution in [0.25, 0.3) is 11.4 Å². The summed E-state index contributed by atoms with van der Waals surface area (Å²) < 4.78 is 70.9. The van der Waals surface area contributed by atoms with Crippen molar-refractivity contribution >= 4 is 32.6 Å². The van der Waals surface area contributed by atoms with Gasteiger partial charge < -0.3 is 10.1 Å². The molecule has 0 aliphatic heterocycles. The van der Waals surface area contributed by atoms with E-state index in [4.69, 9.17) is 0 Å². The van der Waals surface area contributed by atoms with Gasteiger partial charge in [-0.15, -0.1) is 13.2 Å². The van der Waals surface area contributed by atoms with Gasteiger partial charge in [0.2, 0.25) is 21.1 Å². The number of rotatable bonds is 8. The molecule has 1 heterocycles. The number of hydrogen-bond donors (Lipinski definition) is 2. The van der Waals surface area contributed by atoms with Gasteiger partial charge >= 0.3 is 6.36 Å². The Morgan fingerprint density at radius 2 is 1.74 bits per heavy atom. The van der Waals surface area contributed by atoms with Crippen molar-refractivity contribution < 1.29 is 31.1 Å². The van der Waals surface area contributed by atoms with Crippen LogP contribution in [0.1, 0.15) is 6.42 Å². The summed E-state index contributed by atoms with van der Waals surface area (Å²) in [6.45, 7) is -0.223. The summed E-state index contributed by atoms with van der Waals surface area (Å²) >= 11 is 0.990. The molecule has 0 atom stereocenters. The molecule has 0 saturated heterocycles. The molecule has 1 aromatic heterocycles. The summed E-state index contributed by atoms with van der Waals surface area (Å²) in [6, 6.07) is 12.9. The summed E-state index contributed by atoms with van der Waals surface area (Å²) in [5.41, 5.74) is 0.790. The third-order valence-corrected chi connectivity index (χ3v) is 5.82. The molecule has 0 unspecified atom stereocenters. The largest absolute Gasteiger partial charge is 0.573 e. The molecular formula is C18H15F3N4O4S2. The first-order valence-corrected chi connectivity index (χ1v) is 10.9. The molecular weight excluding hydrogens is 457 g/mol. The monoisotopic (exact) mass is 472 g/mol. The normalized spacial score (nSPS) is 11.8. The standard InChI is InChI=1S/C18H15F3N4O4S2/c19-18(20,21)29-13-6-8-14(9-7-13)31(27,28)22-11-10-15(26)23-17-24-16(25-30-17)12-4-2-1-3-5-12/h1-9,22H,10-11H2,(H,23,24,25,26). The van der Waals surface area contributed by atoms with Crippen molar-refractivity contribution in [1.82, 2.24) is 14.1 Å². The topological polar surface area (TPSA) is 110 Å². The van der Waals surface area contributed by atoms with E-state index in [-0.39, 0.29) is 23.0 Å². The highest BCUT2D eigenvalue weighted by atomic mass is 32.2. The zero-order valence-corrected chi connectivity index (χ0v) is 17.2. The Kier molecular flexibility index (Phi) is 6.87. The van der Waals surface area contributed by atoms with Crippen molar-refractivity contribution in [2.45, 2.75) is 17.7 Å². The highest BCUT2D eigenvalue weighted by Gasteiger charge is 2.31. The third kappa shape index (κ3) is 6.73. The van der Waals surface area contributed by atoms with Gasteiger partial charge in [0, 0.05) is 30.1 Å². The highest BCUT2D eigenvalue weighted by molar-refractivity contribution is 7.89. The van der Waals surface area contributed by atoms with Gasteiger partial charge in [-0.3, -0.25) is 4.79 Å². The third-order valence-electron chi connectivity index (χ3n) is 3.72. The predicted molar refractivity (Wildman–Crippen MR) is 107 cm³/mol. The predicted octanol–water partition coefficient (Wildman–Crippen LogP) is 3.41. The van der Waals surface area contributed by atoms with Crippen LogP contribution in [0.15, 0.2) is 59.5 Å². The van der Waals surface area contributed by atoms with Crippen molar-refractivity contribution in [3.63, 3.8) is 0 Å². The summed E-state index contributed by atoms with van der Waals surface area (Å²) in [5.74, 6) is -0.565. The number of hydrogen-bond acceptors (Lipinski definition) is 7. The molecule has 8 nitrogen and oxygen atoms in total. The SMILES string of the molecule is O=C(CCNS(=O)(=O)c1ccc(OC(F)(F)F)cc1)Nc1nc(-c2ccccc2)ns1. The molecule has 1 amide bonds. The van der Waals surface area contributed by atoms with E-state index in [1.807, 2.05) is 30.3 Å². The number of alkyl halides is 3. The number of halogens is 3. The number of nitrogens with one attached hydrogen (secondary N) is 2. The van der Waals surface area contributed by atoms with Crippen molar-refractivity contribution in [1.29, 1.82) is 0 Å². The quantitative estimate of drug-likeness (QED) is 0.520. The highest BCUT2D eigenvalue weighted by Crippen LogP contribution is 2.24. The minimum atomic E-state index is -4.87. The van der Waals surface area contributed by atoms with Gasteiger partial charge in [0.1, 0.15) is 5.75 Å². The number of sulfonamides is 1. The molecule has 0 aliphatic rings. The summed E-state index contributed by atoms with van der Waals surface area (Å²) in [7, 11) is -4.01. The Hall–Kier alpha value is -3.03. The van der Waals surface area contributed by atoms with Crippen LogP contribution in [0.2, 0.25) is 0 Å². The molecule has 2 N–H and O–H groups in total. The number of anilines is 1. The Morgan fingerprint density at radius 1 is 1.06 bits per heavy atom. The number of nitrogens with zero attached hydrogens (tertiary/aromatic N) is 2. The van der Waals surface area contributed by atoms with E-state index in [0.717, 1.165) is 41.4 Å². The average molecular weight is 472 g/mol. The first kappa shape index (κ1) is 22.7. The van der Waals surface area contributed by atoms with Crippen LogP contribution in [0.5, 0.6) is 5.75 Å². The van der Waals surface area contributed by atoms with Crippen LogP contribution < -0.4 is 14.8 Å². The molecule has 2 aromatic carbocycles. The van der Waals surface area contributed by atoms with E-state index in [9.17, 15) is 26.4 Å². The molecule has 0 saturated carbocycles. The molecule has 13 heteroatoms. The van der Waals surface area contributed by atoms with Gasteiger partial charge in [0.05, 0.1) is 4.90 Å².